The number of ether oxygens (including phenoxy) is 1. The van der Waals surface area contributed by atoms with Gasteiger partial charge in [0.25, 0.3) is 5.91 Å². The third-order valence-electron chi connectivity index (χ3n) is 4.52. The molecule has 0 aliphatic carbocycles. The molecule has 9 heteroatoms. The van der Waals surface area contributed by atoms with Crippen LogP contribution in [0, 0.1) is 5.82 Å². The maximum atomic E-state index is 13.1. The molecule has 150 valence electrons. The second-order valence-corrected chi connectivity index (χ2v) is 6.43. The van der Waals surface area contributed by atoms with Gasteiger partial charge in [0, 0.05) is 17.9 Å². The molecule has 1 N–H and O–H groups in total. The summed E-state index contributed by atoms with van der Waals surface area (Å²) in [5, 5.41) is 7.57. The van der Waals surface area contributed by atoms with E-state index in [1.165, 1.54) is 24.3 Å². The highest BCUT2D eigenvalue weighted by Crippen LogP contribution is 2.23. The summed E-state index contributed by atoms with van der Waals surface area (Å²) in [5.41, 5.74) is 2.46. The molecule has 0 unspecified atom stereocenters. The molecular formula is C20H17F3N4O2. The summed E-state index contributed by atoms with van der Waals surface area (Å²) in [7, 11) is 0. The van der Waals surface area contributed by atoms with Crippen molar-refractivity contribution < 1.29 is 22.7 Å². The molecule has 2 aromatic carbocycles. The highest BCUT2D eigenvalue weighted by atomic mass is 19.3. The number of nitrogens with one attached hydrogen (secondary N) is 1. The van der Waals surface area contributed by atoms with Crippen LogP contribution in [0.2, 0.25) is 0 Å². The normalized spacial score (nSPS) is 13.5. The fourth-order valence-corrected chi connectivity index (χ4v) is 3.15. The zero-order valence-electron chi connectivity index (χ0n) is 15.2. The van der Waals surface area contributed by atoms with Crippen molar-refractivity contribution in [3.63, 3.8) is 0 Å². The molecule has 6 nitrogen and oxygen atoms in total. The van der Waals surface area contributed by atoms with E-state index in [-0.39, 0.29) is 17.5 Å². The zero-order chi connectivity index (χ0) is 20.4. The Hall–Kier alpha value is -3.49. The van der Waals surface area contributed by atoms with Gasteiger partial charge in [-0.3, -0.25) is 9.48 Å². The van der Waals surface area contributed by atoms with E-state index in [9.17, 15) is 18.0 Å². The molecule has 29 heavy (non-hydrogen) atoms. The van der Waals surface area contributed by atoms with E-state index in [0.29, 0.717) is 42.4 Å². The van der Waals surface area contributed by atoms with E-state index in [1.54, 1.807) is 39.9 Å². The molecule has 0 atom stereocenters. The maximum Gasteiger partial charge on any atom is 0.387 e. The van der Waals surface area contributed by atoms with Crippen LogP contribution in [0.3, 0.4) is 0 Å². The van der Waals surface area contributed by atoms with Crippen molar-refractivity contribution in [2.24, 2.45) is 0 Å². The summed E-state index contributed by atoms with van der Waals surface area (Å²) >= 11 is 0. The molecule has 0 bridgehead atoms. The number of hydrogen-bond acceptors (Lipinski definition) is 4. The van der Waals surface area contributed by atoms with E-state index < -0.39 is 6.61 Å². The molecule has 1 aliphatic rings. The number of aromatic nitrogens is 2. The summed E-state index contributed by atoms with van der Waals surface area (Å²) in [5.74, 6) is -0.477. The van der Waals surface area contributed by atoms with Gasteiger partial charge >= 0.3 is 6.61 Å². The largest absolute Gasteiger partial charge is 0.435 e. The van der Waals surface area contributed by atoms with Crippen LogP contribution in [0.15, 0.2) is 54.6 Å². The van der Waals surface area contributed by atoms with Crippen molar-refractivity contribution in [2.75, 3.05) is 16.8 Å². The number of anilines is 2. The van der Waals surface area contributed by atoms with E-state index in [4.69, 9.17) is 0 Å². The number of carbonyl (C=O) groups is 1. The minimum Gasteiger partial charge on any atom is -0.435 e. The second kappa shape index (κ2) is 7.86. The smallest absolute Gasteiger partial charge is 0.387 e. The van der Waals surface area contributed by atoms with Crippen LogP contribution in [0.1, 0.15) is 16.2 Å². The first-order chi connectivity index (χ1) is 14.0. The number of rotatable bonds is 6. The lowest BCUT2D eigenvalue weighted by Gasteiger charge is -2.27. The summed E-state index contributed by atoms with van der Waals surface area (Å²) in [4.78, 5) is 14.4. The van der Waals surface area contributed by atoms with E-state index >= 15 is 0 Å². The third-order valence-corrected chi connectivity index (χ3v) is 4.52. The number of carbonyl (C=O) groups excluding carboxylic acids is 1. The molecule has 1 aliphatic heterocycles. The van der Waals surface area contributed by atoms with Gasteiger partial charge in [0.05, 0.1) is 18.8 Å². The monoisotopic (exact) mass is 402 g/mol. The standard InChI is InChI=1S/C20H17F3N4O2/c21-13-1-5-16(6-2-13)26-9-10-27-18(19(26)28)11-15(25-27)12-24-14-3-7-17(8-4-14)29-20(22)23/h1-8,11,20,24H,9-10,12H2. The fraction of sp³-hybridized carbons (Fsp3) is 0.200. The predicted octanol–water partition coefficient (Wildman–Crippen LogP) is 3.90. The van der Waals surface area contributed by atoms with Crippen LogP contribution >= 0.6 is 0 Å². The topological polar surface area (TPSA) is 59.4 Å². The molecule has 0 fully saturated rings. The molecule has 0 saturated heterocycles. The lowest BCUT2D eigenvalue weighted by Crippen LogP contribution is -2.40. The molecular weight excluding hydrogens is 385 g/mol. The number of alkyl halides is 2. The van der Waals surface area contributed by atoms with Crippen LogP contribution in [0.5, 0.6) is 5.75 Å². The lowest BCUT2D eigenvalue weighted by atomic mass is 10.2. The van der Waals surface area contributed by atoms with E-state index in [0.717, 1.165) is 0 Å². The van der Waals surface area contributed by atoms with Crippen molar-refractivity contribution >= 4 is 17.3 Å². The second-order valence-electron chi connectivity index (χ2n) is 6.43. The molecule has 3 aromatic rings. The van der Waals surface area contributed by atoms with Gasteiger partial charge in [-0.1, -0.05) is 0 Å². The van der Waals surface area contributed by atoms with Crippen molar-refractivity contribution in [3.05, 3.63) is 71.8 Å². The fourth-order valence-electron chi connectivity index (χ4n) is 3.15. The Morgan fingerprint density at radius 3 is 2.48 bits per heavy atom. The van der Waals surface area contributed by atoms with Crippen molar-refractivity contribution in [1.29, 1.82) is 0 Å². The summed E-state index contributed by atoms with van der Waals surface area (Å²) in [6, 6.07) is 13.6. The Labute approximate surface area is 164 Å². The number of amides is 1. The Kier molecular flexibility index (Phi) is 5.11. The van der Waals surface area contributed by atoms with Gasteiger partial charge in [-0.2, -0.15) is 13.9 Å². The zero-order valence-corrected chi connectivity index (χ0v) is 15.2. The lowest BCUT2D eigenvalue weighted by molar-refractivity contribution is -0.0498. The van der Waals surface area contributed by atoms with Crippen LogP contribution in [0.25, 0.3) is 0 Å². The maximum absolute atomic E-state index is 13.1. The minimum absolute atomic E-state index is 0.0782. The molecule has 0 spiro atoms. The van der Waals surface area contributed by atoms with Crippen molar-refractivity contribution in [1.82, 2.24) is 9.78 Å². The number of nitrogens with zero attached hydrogens (tertiary/aromatic N) is 3. The Balaban J connectivity index is 1.42. The van der Waals surface area contributed by atoms with Crippen LogP contribution < -0.4 is 15.0 Å². The summed E-state index contributed by atoms with van der Waals surface area (Å²) in [6.07, 6.45) is 0. The highest BCUT2D eigenvalue weighted by molar-refractivity contribution is 6.05. The Bertz CT molecular complexity index is 1000. The molecule has 1 amide bonds. The highest BCUT2D eigenvalue weighted by Gasteiger charge is 2.27. The molecule has 2 heterocycles. The van der Waals surface area contributed by atoms with Crippen molar-refractivity contribution in [3.8, 4) is 5.75 Å². The molecule has 0 radical (unpaired) electrons. The van der Waals surface area contributed by atoms with Crippen LogP contribution in [-0.4, -0.2) is 28.8 Å². The van der Waals surface area contributed by atoms with Gasteiger partial charge in [-0.15, -0.1) is 0 Å². The van der Waals surface area contributed by atoms with Gasteiger partial charge in [0.1, 0.15) is 17.3 Å². The Morgan fingerprint density at radius 2 is 1.79 bits per heavy atom. The molecule has 0 saturated carbocycles. The Morgan fingerprint density at radius 1 is 1.07 bits per heavy atom. The quantitative estimate of drug-likeness (QED) is 0.680. The third kappa shape index (κ3) is 4.18. The van der Waals surface area contributed by atoms with Crippen LogP contribution in [0.4, 0.5) is 24.5 Å². The summed E-state index contributed by atoms with van der Waals surface area (Å²) < 4.78 is 43.5. The average molecular weight is 402 g/mol. The summed E-state index contributed by atoms with van der Waals surface area (Å²) in [6.45, 7) is -1.54. The van der Waals surface area contributed by atoms with Gasteiger partial charge in [-0.05, 0) is 54.6 Å². The van der Waals surface area contributed by atoms with Gasteiger partial charge in [0.2, 0.25) is 0 Å². The van der Waals surface area contributed by atoms with Gasteiger partial charge in [-0.25, -0.2) is 4.39 Å². The first kappa shape index (κ1) is 18.9. The van der Waals surface area contributed by atoms with Gasteiger partial charge in [0.15, 0.2) is 0 Å². The minimum atomic E-state index is -2.86. The predicted molar refractivity (Wildman–Crippen MR) is 101 cm³/mol. The SMILES string of the molecule is O=C1c2cc(CNc3ccc(OC(F)F)cc3)nn2CCN1c1ccc(F)cc1. The number of hydrogen-bond donors (Lipinski definition) is 1. The molecule has 1 aromatic heterocycles. The number of halogens is 3. The van der Waals surface area contributed by atoms with Gasteiger partial charge < -0.3 is 15.0 Å². The number of benzene rings is 2. The average Bonchev–Trinajstić information content (AvgIpc) is 3.12. The van der Waals surface area contributed by atoms with E-state index in [2.05, 4.69) is 15.2 Å². The first-order valence-electron chi connectivity index (χ1n) is 8.92. The van der Waals surface area contributed by atoms with Crippen molar-refractivity contribution in [2.45, 2.75) is 19.7 Å². The van der Waals surface area contributed by atoms with E-state index in [1.807, 2.05) is 0 Å². The molecule has 4 rings (SSSR count). The van der Waals surface area contributed by atoms with Crippen LogP contribution in [-0.2, 0) is 13.1 Å². The first-order valence-corrected chi connectivity index (χ1v) is 8.92. The number of fused-ring (bicyclic) bond motifs is 1.